The molecule has 1 nitrogen and oxygen atoms in total. The molecule has 0 aliphatic rings. The summed E-state index contributed by atoms with van der Waals surface area (Å²) in [5.74, 6) is 0. The van der Waals surface area contributed by atoms with E-state index in [9.17, 15) is 0 Å². The maximum atomic E-state index is 2.28. The van der Waals surface area contributed by atoms with Gasteiger partial charge in [-0.15, -0.1) is 0 Å². The van der Waals surface area contributed by atoms with Gasteiger partial charge in [0.05, 0.1) is 0 Å². The molecule has 100 valence electrons. The van der Waals surface area contributed by atoms with Gasteiger partial charge in [-0.1, -0.05) is 37.6 Å². The van der Waals surface area contributed by atoms with Crippen molar-refractivity contribution < 1.29 is 4.57 Å². The molecule has 0 bridgehead atoms. The highest BCUT2D eigenvalue weighted by Gasteiger charge is 2.02. The van der Waals surface area contributed by atoms with Gasteiger partial charge in [0, 0.05) is 18.1 Å². The van der Waals surface area contributed by atoms with E-state index in [0.717, 1.165) is 13.0 Å². The van der Waals surface area contributed by atoms with Crippen molar-refractivity contribution in [2.24, 2.45) is 0 Å². The fraction of sp³-hybridized carbons (Fsp3) is 0.389. The largest absolute Gasteiger partial charge is 0.205 e. The highest BCUT2D eigenvalue weighted by molar-refractivity contribution is 5.22. The molecule has 1 heteroatoms. The standard InChI is InChI=1S/C18H24N/c1-3-4-7-17-8-10-18(11-9-17)12-14-19-13-5-6-16(2)15-19/h5-6,8-11,13,15H,3-4,7,12,14H2,1-2H3/q+1. The lowest BCUT2D eigenvalue weighted by molar-refractivity contribution is -0.696. The number of nitrogens with zero attached hydrogens (tertiary/aromatic N) is 1. The van der Waals surface area contributed by atoms with Crippen molar-refractivity contribution in [1.82, 2.24) is 0 Å². The molecule has 0 saturated heterocycles. The second kappa shape index (κ2) is 7.08. The molecule has 0 aliphatic heterocycles. The number of hydrogen-bond acceptors (Lipinski definition) is 0. The molecular weight excluding hydrogens is 230 g/mol. The van der Waals surface area contributed by atoms with Crippen LogP contribution in [0.3, 0.4) is 0 Å². The lowest BCUT2D eigenvalue weighted by Gasteiger charge is -2.03. The number of aromatic nitrogens is 1. The predicted octanol–water partition coefficient (Wildman–Crippen LogP) is 3.87. The van der Waals surface area contributed by atoms with E-state index >= 15 is 0 Å². The molecule has 0 atom stereocenters. The van der Waals surface area contributed by atoms with Crippen LogP contribution in [0.5, 0.6) is 0 Å². The Morgan fingerprint density at radius 1 is 0.947 bits per heavy atom. The van der Waals surface area contributed by atoms with Crippen LogP contribution < -0.4 is 4.57 Å². The average Bonchev–Trinajstić information content (AvgIpc) is 2.44. The molecule has 19 heavy (non-hydrogen) atoms. The molecule has 1 aromatic heterocycles. The summed E-state index contributed by atoms with van der Waals surface area (Å²) >= 11 is 0. The minimum Gasteiger partial charge on any atom is -0.205 e. The number of pyridine rings is 1. The molecule has 1 aromatic carbocycles. The molecule has 0 spiro atoms. The van der Waals surface area contributed by atoms with Crippen molar-refractivity contribution in [3.8, 4) is 0 Å². The molecular formula is C18H24N+. The van der Waals surface area contributed by atoms with Crippen LogP contribution in [0.25, 0.3) is 0 Å². The molecule has 1 heterocycles. The van der Waals surface area contributed by atoms with Crippen molar-refractivity contribution in [3.05, 3.63) is 65.5 Å². The van der Waals surface area contributed by atoms with E-state index in [4.69, 9.17) is 0 Å². The van der Waals surface area contributed by atoms with Gasteiger partial charge in [0.1, 0.15) is 0 Å². The second-order valence-electron chi connectivity index (χ2n) is 5.29. The van der Waals surface area contributed by atoms with E-state index in [2.05, 4.69) is 67.2 Å². The third-order valence-corrected chi connectivity index (χ3v) is 3.51. The van der Waals surface area contributed by atoms with E-state index < -0.39 is 0 Å². The Bertz CT molecular complexity index is 499. The summed E-state index contributed by atoms with van der Waals surface area (Å²) in [6.07, 6.45) is 9.22. The first-order chi connectivity index (χ1) is 9.28. The summed E-state index contributed by atoms with van der Waals surface area (Å²) in [6.45, 7) is 5.43. The van der Waals surface area contributed by atoms with Crippen LogP contribution in [-0.2, 0) is 19.4 Å². The van der Waals surface area contributed by atoms with Crippen molar-refractivity contribution in [2.75, 3.05) is 0 Å². The lowest BCUT2D eigenvalue weighted by Crippen LogP contribution is -2.34. The van der Waals surface area contributed by atoms with Crippen LogP contribution in [0.2, 0.25) is 0 Å². The quantitative estimate of drug-likeness (QED) is 0.689. The molecule has 0 fully saturated rings. The van der Waals surface area contributed by atoms with Gasteiger partial charge in [-0.05, 0) is 37.0 Å². The Hall–Kier alpha value is -1.63. The molecule has 0 radical (unpaired) electrons. The Kier molecular flexibility index (Phi) is 5.14. The molecule has 2 aromatic rings. The zero-order valence-electron chi connectivity index (χ0n) is 12.1. The third kappa shape index (κ3) is 4.51. The van der Waals surface area contributed by atoms with Gasteiger partial charge in [-0.3, -0.25) is 0 Å². The first kappa shape index (κ1) is 13.8. The molecule has 0 saturated carbocycles. The summed E-state index contributed by atoms with van der Waals surface area (Å²) in [6, 6.07) is 13.4. The summed E-state index contributed by atoms with van der Waals surface area (Å²) in [5, 5.41) is 0. The summed E-state index contributed by atoms with van der Waals surface area (Å²) in [5.41, 5.74) is 4.21. The third-order valence-electron chi connectivity index (χ3n) is 3.51. The van der Waals surface area contributed by atoms with Crippen molar-refractivity contribution in [1.29, 1.82) is 0 Å². The number of rotatable bonds is 6. The number of benzene rings is 1. The molecule has 0 N–H and O–H groups in total. The summed E-state index contributed by atoms with van der Waals surface area (Å²) in [4.78, 5) is 0. The smallest absolute Gasteiger partial charge is 0.171 e. The fourth-order valence-electron chi connectivity index (χ4n) is 2.30. The van der Waals surface area contributed by atoms with E-state index in [-0.39, 0.29) is 0 Å². The van der Waals surface area contributed by atoms with Crippen molar-refractivity contribution in [3.63, 3.8) is 0 Å². The van der Waals surface area contributed by atoms with Gasteiger partial charge in [0.15, 0.2) is 18.9 Å². The van der Waals surface area contributed by atoms with Crippen LogP contribution in [0.1, 0.15) is 36.5 Å². The van der Waals surface area contributed by atoms with Gasteiger partial charge in [0.25, 0.3) is 0 Å². The Morgan fingerprint density at radius 2 is 1.63 bits per heavy atom. The van der Waals surface area contributed by atoms with E-state index in [1.807, 2.05) is 0 Å². The maximum absolute atomic E-state index is 2.28. The zero-order chi connectivity index (χ0) is 13.5. The first-order valence-electron chi connectivity index (χ1n) is 7.31. The van der Waals surface area contributed by atoms with Gasteiger partial charge in [-0.25, -0.2) is 4.57 Å². The van der Waals surface area contributed by atoms with Gasteiger partial charge >= 0.3 is 0 Å². The number of unbranched alkanes of at least 4 members (excludes halogenated alkanes) is 1. The Morgan fingerprint density at radius 3 is 2.26 bits per heavy atom. The monoisotopic (exact) mass is 254 g/mol. The number of hydrogen-bond donors (Lipinski definition) is 0. The fourth-order valence-corrected chi connectivity index (χ4v) is 2.30. The zero-order valence-corrected chi connectivity index (χ0v) is 12.1. The lowest BCUT2D eigenvalue weighted by atomic mass is 10.0. The molecule has 0 unspecified atom stereocenters. The van der Waals surface area contributed by atoms with Crippen molar-refractivity contribution in [2.45, 2.75) is 46.1 Å². The van der Waals surface area contributed by atoms with E-state index in [1.165, 1.54) is 36.0 Å². The van der Waals surface area contributed by atoms with Crippen LogP contribution in [0.4, 0.5) is 0 Å². The van der Waals surface area contributed by atoms with Gasteiger partial charge in [0.2, 0.25) is 0 Å². The van der Waals surface area contributed by atoms with Gasteiger partial charge < -0.3 is 0 Å². The summed E-state index contributed by atoms with van der Waals surface area (Å²) in [7, 11) is 0. The minimum atomic E-state index is 1.05. The maximum Gasteiger partial charge on any atom is 0.171 e. The molecule has 0 amide bonds. The highest BCUT2D eigenvalue weighted by Crippen LogP contribution is 2.08. The minimum absolute atomic E-state index is 1.05. The summed E-state index contributed by atoms with van der Waals surface area (Å²) < 4.78 is 2.26. The van der Waals surface area contributed by atoms with Crippen LogP contribution in [-0.4, -0.2) is 0 Å². The first-order valence-corrected chi connectivity index (χ1v) is 7.31. The van der Waals surface area contributed by atoms with Crippen LogP contribution in [0.15, 0.2) is 48.8 Å². The SMILES string of the molecule is CCCCc1ccc(CC[n+]2cccc(C)c2)cc1. The topological polar surface area (TPSA) is 3.88 Å². The molecule has 2 rings (SSSR count). The van der Waals surface area contributed by atoms with Crippen molar-refractivity contribution >= 4 is 0 Å². The van der Waals surface area contributed by atoms with Crippen LogP contribution in [0, 0.1) is 6.92 Å². The predicted molar refractivity (Wildman–Crippen MR) is 80.1 cm³/mol. The second-order valence-corrected chi connectivity index (χ2v) is 5.29. The normalized spacial score (nSPS) is 10.6. The highest BCUT2D eigenvalue weighted by atomic mass is 14.9. The van der Waals surface area contributed by atoms with Gasteiger partial charge in [-0.2, -0.15) is 0 Å². The Labute approximate surface area is 116 Å². The van der Waals surface area contributed by atoms with E-state index in [0.29, 0.717) is 0 Å². The van der Waals surface area contributed by atoms with E-state index in [1.54, 1.807) is 0 Å². The average molecular weight is 254 g/mol. The molecule has 0 aliphatic carbocycles. The van der Waals surface area contributed by atoms with Crippen LogP contribution >= 0.6 is 0 Å². The number of aryl methyl sites for hydroxylation is 4. The Balaban J connectivity index is 1.89.